The molecule has 2 aromatic carbocycles. The van der Waals surface area contributed by atoms with Crippen LogP contribution < -0.4 is 10.6 Å². The van der Waals surface area contributed by atoms with Crippen LogP contribution in [-0.2, 0) is 16.8 Å². The largest absolute Gasteiger partial charge is 0.390 e. The van der Waals surface area contributed by atoms with E-state index in [1.165, 1.54) is 49.4 Å². The van der Waals surface area contributed by atoms with Gasteiger partial charge in [0.2, 0.25) is 5.91 Å². The van der Waals surface area contributed by atoms with Crippen molar-refractivity contribution in [2.24, 2.45) is 0 Å². The average molecular weight is 457 g/mol. The fraction of sp³-hybridized carbons (Fsp3) is 0.519. The van der Waals surface area contributed by atoms with E-state index in [2.05, 4.69) is 34.9 Å². The van der Waals surface area contributed by atoms with E-state index in [0.29, 0.717) is 11.5 Å². The van der Waals surface area contributed by atoms with E-state index >= 15 is 0 Å². The van der Waals surface area contributed by atoms with Crippen molar-refractivity contribution in [2.75, 3.05) is 6.54 Å². The second-order valence-electron chi connectivity index (χ2n) is 9.78. The Morgan fingerprint density at radius 2 is 1.79 bits per heavy atom. The lowest BCUT2D eigenvalue weighted by atomic mass is 9.76. The molecule has 2 saturated carbocycles. The summed E-state index contributed by atoms with van der Waals surface area (Å²) >= 11 is 0. The van der Waals surface area contributed by atoms with E-state index in [9.17, 15) is 18.7 Å². The van der Waals surface area contributed by atoms with Crippen molar-refractivity contribution in [3.05, 3.63) is 70.8 Å². The molecule has 2 aliphatic rings. The number of rotatable bonds is 9. The third-order valence-corrected chi connectivity index (χ3v) is 7.08. The number of aliphatic hydroxyl groups is 1. The minimum Gasteiger partial charge on any atom is -0.390 e. The Bertz CT molecular complexity index is 950. The van der Waals surface area contributed by atoms with Gasteiger partial charge in [-0.2, -0.15) is 0 Å². The number of halogens is 2. The van der Waals surface area contributed by atoms with Crippen molar-refractivity contribution in [1.29, 1.82) is 0 Å². The van der Waals surface area contributed by atoms with Crippen molar-refractivity contribution in [1.82, 2.24) is 10.6 Å². The summed E-state index contributed by atoms with van der Waals surface area (Å²) in [5, 5.41) is 17.5. The second-order valence-corrected chi connectivity index (χ2v) is 9.78. The van der Waals surface area contributed by atoms with Gasteiger partial charge < -0.3 is 15.7 Å². The van der Waals surface area contributed by atoms with Crippen LogP contribution in [0.4, 0.5) is 8.78 Å². The molecule has 0 aliphatic heterocycles. The van der Waals surface area contributed by atoms with E-state index in [1.807, 2.05) is 0 Å². The molecule has 0 bridgehead atoms. The first-order valence-electron chi connectivity index (χ1n) is 12.1. The van der Waals surface area contributed by atoms with E-state index in [0.717, 1.165) is 31.7 Å². The molecule has 6 heteroatoms. The first-order valence-corrected chi connectivity index (χ1v) is 12.1. The summed E-state index contributed by atoms with van der Waals surface area (Å²) in [7, 11) is 0. The zero-order valence-corrected chi connectivity index (χ0v) is 19.2. The summed E-state index contributed by atoms with van der Waals surface area (Å²) in [6.07, 6.45) is 7.16. The molecule has 178 valence electrons. The maximum Gasteiger partial charge on any atom is 0.217 e. The lowest BCUT2D eigenvalue weighted by Crippen LogP contribution is -2.53. The molecule has 4 nitrogen and oxygen atoms in total. The Balaban J connectivity index is 1.50. The summed E-state index contributed by atoms with van der Waals surface area (Å²) < 4.78 is 27.3. The number of nitrogens with one attached hydrogen (secondary N) is 2. The number of carbonyl (C=O) groups excluding carboxylic acids is 1. The van der Waals surface area contributed by atoms with Crippen LogP contribution in [0.5, 0.6) is 0 Å². The highest BCUT2D eigenvalue weighted by molar-refractivity contribution is 5.73. The molecule has 0 heterocycles. The molecule has 2 atom stereocenters. The predicted molar refractivity (Wildman–Crippen MR) is 125 cm³/mol. The third-order valence-electron chi connectivity index (χ3n) is 7.08. The maximum atomic E-state index is 13.7. The normalized spacial score (nSPS) is 19.6. The Morgan fingerprint density at radius 1 is 1.09 bits per heavy atom. The number of hydrogen-bond donors (Lipinski definition) is 3. The van der Waals surface area contributed by atoms with Crippen LogP contribution >= 0.6 is 0 Å². The quantitative estimate of drug-likeness (QED) is 0.513. The first-order chi connectivity index (χ1) is 15.8. The van der Waals surface area contributed by atoms with Crippen LogP contribution in [0.25, 0.3) is 0 Å². The van der Waals surface area contributed by atoms with Crippen molar-refractivity contribution < 1.29 is 18.7 Å². The van der Waals surface area contributed by atoms with Crippen molar-refractivity contribution in [2.45, 2.75) is 81.9 Å². The molecule has 2 aromatic rings. The van der Waals surface area contributed by atoms with Gasteiger partial charge in [0, 0.05) is 25.1 Å². The number of benzene rings is 2. The van der Waals surface area contributed by atoms with Crippen molar-refractivity contribution in [3.8, 4) is 0 Å². The highest BCUT2D eigenvalue weighted by Crippen LogP contribution is 2.43. The molecule has 0 saturated heterocycles. The number of carbonyl (C=O) groups is 1. The molecule has 2 fully saturated rings. The molecule has 1 amide bonds. The SMILES string of the molecule is CC(=O)NC(Cc1cc(F)cc(F)c1)C(O)CNC1(c2cccc(C3CC3)c2)CCCCC1. The molecule has 0 spiro atoms. The van der Waals surface area contributed by atoms with E-state index in [-0.39, 0.29) is 24.4 Å². The van der Waals surface area contributed by atoms with Gasteiger partial charge in [-0.1, -0.05) is 43.5 Å². The van der Waals surface area contributed by atoms with Crippen LogP contribution in [0.15, 0.2) is 42.5 Å². The van der Waals surface area contributed by atoms with E-state index < -0.39 is 23.8 Å². The first kappa shape index (κ1) is 23.8. The highest BCUT2D eigenvalue weighted by atomic mass is 19.1. The topological polar surface area (TPSA) is 61.4 Å². The molecule has 2 aliphatic carbocycles. The van der Waals surface area contributed by atoms with Gasteiger partial charge >= 0.3 is 0 Å². The second kappa shape index (κ2) is 10.3. The molecule has 2 unspecified atom stereocenters. The molecular weight excluding hydrogens is 422 g/mol. The Kier molecular flexibility index (Phi) is 7.45. The summed E-state index contributed by atoms with van der Waals surface area (Å²) in [6, 6.07) is 11.5. The minimum atomic E-state index is -0.911. The molecule has 33 heavy (non-hydrogen) atoms. The van der Waals surface area contributed by atoms with Crippen LogP contribution in [0.1, 0.15) is 74.5 Å². The summed E-state index contributed by atoms with van der Waals surface area (Å²) in [5.74, 6) is -0.959. The lowest BCUT2D eigenvalue weighted by molar-refractivity contribution is -0.120. The monoisotopic (exact) mass is 456 g/mol. The Morgan fingerprint density at radius 3 is 2.42 bits per heavy atom. The third kappa shape index (κ3) is 6.18. The van der Waals surface area contributed by atoms with Gasteiger partial charge in [-0.05, 0) is 66.8 Å². The van der Waals surface area contributed by atoms with Crippen molar-refractivity contribution >= 4 is 5.91 Å². The summed E-state index contributed by atoms with van der Waals surface area (Å²) in [5.41, 5.74) is 2.84. The van der Waals surface area contributed by atoms with Gasteiger partial charge in [-0.3, -0.25) is 4.79 Å². The van der Waals surface area contributed by atoms with Crippen LogP contribution in [0.2, 0.25) is 0 Å². The van der Waals surface area contributed by atoms with Gasteiger partial charge in [0.1, 0.15) is 11.6 Å². The van der Waals surface area contributed by atoms with Crippen molar-refractivity contribution in [3.63, 3.8) is 0 Å². The van der Waals surface area contributed by atoms with Gasteiger partial charge in [0.05, 0.1) is 12.1 Å². The number of hydrogen-bond acceptors (Lipinski definition) is 3. The lowest BCUT2D eigenvalue weighted by Gasteiger charge is -2.40. The number of aliphatic hydroxyl groups excluding tert-OH is 1. The molecule has 4 rings (SSSR count). The standard InChI is InChI=1S/C27H34F2N2O2/c1-18(32)31-25(14-19-12-23(28)16-24(29)13-19)26(33)17-30-27(10-3-2-4-11-27)22-7-5-6-21(15-22)20-8-9-20/h5-7,12-13,15-16,20,25-26,30,33H,2-4,8-11,14,17H2,1H3,(H,31,32). The molecule has 0 radical (unpaired) electrons. The summed E-state index contributed by atoms with van der Waals surface area (Å²) in [4.78, 5) is 11.8. The minimum absolute atomic E-state index is 0.140. The van der Waals surface area contributed by atoms with E-state index in [4.69, 9.17) is 0 Å². The maximum absolute atomic E-state index is 13.7. The number of amides is 1. The molecule has 3 N–H and O–H groups in total. The average Bonchev–Trinajstić information content (AvgIpc) is 3.62. The molecule has 0 aromatic heterocycles. The van der Waals surface area contributed by atoms with Gasteiger partial charge in [0.15, 0.2) is 0 Å². The van der Waals surface area contributed by atoms with Gasteiger partial charge in [-0.25, -0.2) is 8.78 Å². The zero-order chi connectivity index (χ0) is 23.4. The smallest absolute Gasteiger partial charge is 0.217 e. The molecular formula is C27H34F2N2O2. The Hall–Kier alpha value is -2.31. The van der Waals surface area contributed by atoms with Crippen LogP contribution in [-0.4, -0.2) is 29.7 Å². The van der Waals surface area contributed by atoms with Crippen LogP contribution in [0.3, 0.4) is 0 Å². The summed E-state index contributed by atoms with van der Waals surface area (Å²) in [6.45, 7) is 1.65. The fourth-order valence-corrected chi connectivity index (χ4v) is 5.20. The van der Waals surface area contributed by atoms with E-state index in [1.54, 1.807) is 0 Å². The predicted octanol–water partition coefficient (Wildman–Crippen LogP) is 4.70. The van der Waals surface area contributed by atoms with Crippen LogP contribution in [0, 0.1) is 11.6 Å². The highest BCUT2D eigenvalue weighted by Gasteiger charge is 2.36. The van der Waals surface area contributed by atoms with Gasteiger partial charge in [-0.15, -0.1) is 0 Å². The zero-order valence-electron chi connectivity index (χ0n) is 19.2. The Labute approximate surface area is 194 Å². The van der Waals surface area contributed by atoms with Gasteiger partial charge in [0.25, 0.3) is 0 Å². The fourth-order valence-electron chi connectivity index (χ4n) is 5.20.